The van der Waals surface area contributed by atoms with E-state index in [1.807, 2.05) is 36.4 Å². The lowest BCUT2D eigenvalue weighted by atomic mass is 9.81. The summed E-state index contributed by atoms with van der Waals surface area (Å²) in [6, 6.07) is 13.0. The molecule has 0 bridgehead atoms. The van der Waals surface area contributed by atoms with E-state index in [4.69, 9.17) is 5.26 Å². The Balaban J connectivity index is 2.04. The van der Waals surface area contributed by atoms with E-state index in [0.29, 0.717) is 24.1 Å². The molecule has 0 saturated heterocycles. The van der Waals surface area contributed by atoms with Gasteiger partial charge in [-0.3, -0.25) is 9.59 Å². The van der Waals surface area contributed by atoms with Crippen LogP contribution in [-0.4, -0.2) is 10.8 Å². The average Bonchev–Trinajstić information content (AvgIpc) is 2.47. The van der Waals surface area contributed by atoms with E-state index in [9.17, 15) is 9.59 Å². The maximum atomic E-state index is 12.2. The summed E-state index contributed by atoms with van der Waals surface area (Å²) in [7, 11) is 0. The zero-order valence-corrected chi connectivity index (χ0v) is 10.7. The van der Waals surface area contributed by atoms with E-state index in [1.165, 1.54) is 6.07 Å². The van der Waals surface area contributed by atoms with Crippen molar-refractivity contribution < 1.29 is 4.79 Å². The van der Waals surface area contributed by atoms with Crippen LogP contribution in [0, 0.1) is 11.3 Å². The normalized spacial score (nSPS) is 17.4. The molecule has 0 amide bonds. The second-order valence-electron chi connectivity index (χ2n) is 4.96. The van der Waals surface area contributed by atoms with Gasteiger partial charge in [0.2, 0.25) is 0 Å². The summed E-state index contributed by atoms with van der Waals surface area (Å²) in [4.78, 5) is 26.6. The molecule has 0 fully saturated rings. The van der Waals surface area contributed by atoms with Crippen LogP contribution >= 0.6 is 0 Å². The van der Waals surface area contributed by atoms with Crippen molar-refractivity contribution >= 4 is 5.78 Å². The number of aromatic nitrogens is 1. The minimum Gasteiger partial charge on any atom is -0.324 e. The summed E-state index contributed by atoms with van der Waals surface area (Å²) in [6.45, 7) is 0. The number of Topliss-reactive ketones (excluding diaryl/α,β-unsaturated/α-hetero) is 1. The Labute approximate surface area is 115 Å². The number of hydrogen-bond donors (Lipinski definition) is 1. The van der Waals surface area contributed by atoms with Gasteiger partial charge >= 0.3 is 0 Å². The molecule has 1 aromatic heterocycles. The fraction of sp³-hybridized carbons (Fsp3) is 0.188. The summed E-state index contributed by atoms with van der Waals surface area (Å²) in [5.41, 5.74) is 1.78. The molecular formula is C16H12N2O2. The molecule has 1 aromatic carbocycles. The average molecular weight is 264 g/mol. The predicted octanol–water partition coefficient (Wildman–Crippen LogP) is 2.16. The van der Waals surface area contributed by atoms with Crippen LogP contribution in [0.25, 0.3) is 0 Å². The number of nitrogens with zero attached hydrogens (tertiary/aromatic N) is 1. The summed E-state index contributed by atoms with van der Waals surface area (Å²) in [5, 5.41) is 8.85. The van der Waals surface area contributed by atoms with E-state index in [1.54, 1.807) is 0 Å². The molecule has 1 N–H and O–H groups in total. The summed E-state index contributed by atoms with van der Waals surface area (Å²) in [5.74, 6) is 0.0626. The van der Waals surface area contributed by atoms with E-state index in [2.05, 4.69) is 4.98 Å². The zero-order valence-electron chi connectivity index (χ0n) is 10.7. The third-order valence-electron chi connectivity index (χ3n) is 3.70. The Bertz CT molecular complexity index is 769. The van der Waals surface area contributed by atoms with Gasteiger partial charge in [-0.1, -0.05) is 30.3 Å². The smallest absolute Gasteiger partial charge is 0.266 e. The van der Waals surface area contributed by atoms with Gasteiger partial charge in [-0.15, -0.1) is 0 Å². The van der Waals surface area contributed by atoms with Crippen LogP contribution in [0.1, 0.15) is 39.5 Å². The molecule has 1 atom stereocenters. The van der Waals surface area contributed by atoms with Gasteiger partial charge in [0.1, 0.15) is 11.6 Å². The number of nitrogens with one attached hydrogen (secondary N) is 1. The van der Waals surface area contributed by atoms with Crippen LogP contribution < -0.4 is 5.56 Å². The molecule has 4 nitrogen and oxygen atoms in total. The molecule has 0 spiro atoms. The number of H-pyrrole nitrogens is 1. The molecule has 0 aliphatic heterocycles. The van der Waals surface area contributed by atoms with Gasteiger partial charge < -0.3 is 4.98 Å². The number of rotatable bonds is 1. The standard InChI is InChI=1S/C16H12N2O2/c17-9-12-6-13-14(18-16(12)20)7-11(8-15(13)19)10-4-2-1-3-5-10/h1-6,11H,7-8H2,(H,18,20). The van der Waals surface area contributed by atoms with Gasteiger partial charge in [-0.25, -0.2) is 0 Å². The van der Waals surface area contributed by atoms with E-state index in [0.717, 1.165) is 5.56 Å². The molecule has 98 valence electrons. The highest BCUT2D eigenvalue weighted by atomic mass is 16.1. The lowest BCUT2D eigenvalue weighted by molar-refractivity contribution is 0.0963. The topological polar surface area (TPSA) is 73.7 Å². The van der Waals surface area contributed by atoms with Crippen LogP contribution in [0.15, 0.2) is 41.2 Å². The van der Waals surface area contributed by atoms with E-state index >= 15 is 0 Å². The Morgan fingerprint density at radius 2 is 1.90 bits per heavy atom. The molecule has 1 aliphatic rings. The zero-order chi connectivity index (χ0) is 14.1. The number of fused-ring (bicyclic) bond motifs is 1. The SMILES string of the molecule is N#Cc1cc2c([nH]c1=O)CC(c1ccccc1)CC2=O. The third kappa shape index (κ3) is 2.04. The molecule has 1 unspecified atom stereocenters. The molecule has 3 rings (SSSR count). The van der Waals surface area contributed by atoms with Crippen LogP contribution in [0.3, 0.4) is 0 Å². The number of hydrogen-bond acceptors (Lipinski definition) is 3. The third-order valence-corrected chi connectivity index (χ3v) is 3.70. The fourth-order valence-electron chi connectivity index (χ4n) is 2.67. The van der Waals surface area contributed by atoms with Crippen molar-refractivity contribution in [3.8, 4) is 6.07 Å². The Hall–Kier alpha value is -2.67. The van der Waals surface area contributed by atoms with Crippen molar-refractivity contribution in [1.29, 1.82) is 5.26 Å². The van der Waals surface area contributed by atoms with Crippen molar-refractivity contribution in [3.05, 3.63) is 69.1 Å². The number of aromatic amines is 1. The maximum Gasteiger partial charge on any atom is 0.266 e. The van der Waals surface area contributed by atoms with Gasteiger partial charge in [-0.05, 0) is 24.0 Å². The number of nitriles is 1. The number of carbonyl (C=O) groups excluding carboxylic acids is 1. The van der Waals surface area contributed by atoms with Gasteiger partial charge in [0.15, 0.2) is 5.78 Å². The summed E-state index contributed by atoms with van der Waals surface area (Å²) in [6.07, 6.45) is 1.03. The number of pyridine rings is 1. The number of carbonyl (C=O) groups is 1. The van der Waals surface area contributed by atoms with Crippen LogP contribution in [0.4, 0.5) is 0 Å². The fourth-order valence-corrected chi connectivity index (χ4v) is 2.67. The highest BCUT2D eigenvalue weighted by Crippen LogP contribution is 2.31. The largest absolute Gasteiger partial charge is 0.324 e. The van der Waals surface area contributed by atoms with Crippen molar-refractivity contribution in [2.75, 3.05) is 0 Å². The lowest BCUT2D eigenvalue weighted by Gasteiger charge is -2.23. The van der Waals surface area contributed by atoms with Crippen LogP contribution in [-0.2, 0) is 6.42 Å². The summed E-state index contributed by atoms with van der Waals surface area (Å²) >= 11 is 0. The number of benzene rings is 1. The maximum absolute atomic E-state index is 12.2. The van der Waals surface area contributed by atoms with E-state index in [-0.39, 0.29) is 17.3 Å². The first-order chi connectivity index (χ1) is 9.69. The quantitative estimate of drug-likeness (QED) is 0.857. The van der Waals surface area contributed by atoms with Crippen LogP contribution in [0.2, 0.25) is 0 Å². The van der Waals surface area contributed by atoms with Gasteiger partial charge in [-0.2, -0.15) is 5.26 Å². The molecular weight excluding hydrogens is 252 g/mol. The first-order valence-electron chi connectivity index (χ1n) is 6.43. The molecule has 0 radical (unpaired) electrons. The molecule has 20 heavy (non-hydrogen) atoms. The van der Waals surface area contributed by atoms with E-state index < -0.39 is 5.56 Å². The minimum atomic E-state index is -0.423. The predicted molar refractivity (Wildman–Crippen MR) is 73.6 cm³/mol. The monoisotopic (exact) mass is 264 g/mol. The van der Waals surface area contributed by atoms with Gasteiger partial charge in [0, 0.05) is 17.7 Å². The second-order valence-corrected chi connectivity index (χ2v) is 4.96. The minimum absolute atomic E-state index is 0.00439. The molecule has 2 aromatic rings. The van der Waals surface area contributed by atoms with Gasteiger partial charge in [0.05, 0.1) is 0 Å². The highest BCUT2D eigenvalue weighted by Gasteiger charge is 2.27. The first-order valence-corrected chi connectivity index (χ1v) is 6.43. The molecule has 1 heterocycles. The molecule has 0 saturated carbocycles. The van der Waals surface area contributed by atoms with Gasteiger partial charge in [0.25, 0.3) is 5.56 Å². The second kappa shape index (κ2) is 4.78. The van der Waals surface area contributed by atoms with Crippen molar-refractivity contribution in [3.63, 3.8) is 0 Å². The number of ketones is 1. The van der Waals surface area contributed by atoms with Crippen molar-refractivity contribution in [2.24, 2.45) is 0 Å². The van der Waals surface area contributed by atoms with Crippen LogP contribution in [0.5, 0.6) is 0 Å². The first kappa shape index (κ1) is 12.4. The molecule has 1 aliphatic carbocycles. The Kier molecular flexibility index (Phi) is 2.96. The summed E-state index contributed by atoms with van der Waals surface area (Å²) < 4.78 is 0. The Morgan fingerprint density at radius 1 is 1.15 bits per heavy atom. The lowest BCUT2D eigenvalue weighted by Crippen LogP contribution is -2.25. The Morgan fingerprint density at radius 3 is 2.60 bits per heavy atom. The molecule has 4 heteroatoms. The highest BCUT2D eigenvalue weighted by molar-refractivity contribution is 5.99. The van der Waals surface area contributed by atoms with Crippen molar-refractivity contribution in [1.82, 2.24) is 4.98 Å². The van der Waals surface area contributed by atoms with Crippen molar-refractivity contribution in [2.45, 2.75) is 18.8 Å².